The molecule has 0 amide bonds. The van der Waals surface area contributed by atoms with Gasteiger partial charge in [0.25, 0.3) is 0 Å². The third kappa shape index (κ3) is 4.72. The first-order chi connectivity index (χ1) is 14.1. The second kappa shape index (κ2) is 8.84. The van der Waals surface area contributed by atoms with E-state index in [0.717, 1.165) is 17.7 Å². The summed E-state index contributed by atoms with van der Waals surface area (Å²) < 4.78 is 73.1. The van der Waals surface area contributed by atoms with Crippen LogP contribution in [-0.2, 0) is 19.9 Å². The van der Waals surface area contributed by atoms with Gasteiger partial charge in [0.05, 0.1) is 12.0 Å². The van der Waals surface area contributed by atoms with Crippen LogP contribution in [0.2, 0.25) is 0 Å². The van der Waals surface area contributed by atoms with Crippen molar-refractivity contribution in [3.8, 4) is 5.75 Å². The molecule has 0 unspecified atom stereocenters. The van der Waals surface area contributed by atoms with Gasteiger partial charge in [-0.1, -0.05) is 23.8 Å². The zero-order chi connectivity index (χ0) is 21.9. The van der Waals surface area contributed by atoms with Gasteiger partial charge in [-0.2, -0.15) is 0 Å². The molecule has 10 heteroatoms. The Bertz CT molecular complexity index is 1220. The average molecular weight is 470 g/mol. The number of hydrogen-bond acceptors (Lipinski definition) is 6. The Kier molecular flexibility index (Phi) is 6.61. The number of thiophene rings is 1. The maximum atomic E-state index is 13.6. The highest BCUT2D eigenvalue weighted by Gasteiger charge is 2.32. The van der Waals surface area contributed by atoms with Crippen LogP contribution in [0.25, 0.3) is 0 Å². The number of halogens is 1. The summed E-state index contributed by atoms with van der Waals surface area (Å²) >= 11 is 1.21. The molecular formula is C20H20FNO5S3. The Morgan fingerprint density at radius 1 is 1.07 bits per heavy atom. The molecule has 0 bridgehead atoms. The first kappa shape index (κ1) is 22.4. The monoisotopic (exact) mass is 469 g/mol. The number of sulfonamides is 1. The van der Waals surface area contributed by atoms with Crippen LogP contribution in [0.15, 0.2) is 69.8 Å². The van der Waals surface area contributed by atoms with E-state index in [1.807, 2.05) is 6.92 Å². The van der Waals surface area contributed by atoms with Crippen molar-refractivity contribution < 1.29 is 26.0 Å². The lowest BCUT2D eigenvalue weighted by atomic mass is 10.2. The third-order valence-corrected chi connectivity index (χ3v) is 9.14. The number of sulfone groups is 1. The molecule has 0 aliphatic rings. The molecule has 0 fully saturated rings. The molecule has 3 rings (SSSR count). The number of methoxy groups -OCH3 is 1. The summed E-state index contributed by atoms with van der Waals surface area (Å²) in [7, 11) is -6.86. The number of rotatable bonds is 8. The standard InChI is InChI=1S/C20H20FNO5S3/c1-14-5-8-16(9-6-14)29(23,24)20(18-4-3-11-28-18)13-22-30(25,26)19-12-15(21)7-10-17(19)27-2/h3-12,20,22H,13H2,1-2H3/t20-/m0/s1. The molecule has 1 aromatic heterocycles. The molecule has 1 heterocycles. The molecule has 30 heavy (non-hydrogen) atoms. The van der Waals surface area contributed by atoms with Crippen molar-refractivity contribution in [2.24, 2.45) is 0 Å². The van der Waals surface area contributed by atoms with Crippen molar-refractivity contribution in [2.75, 3.05) is 13.7 Å². The highest BCUT2D eigenvalue weighted by atomic mass is 32.2. The fourth-order valence-corrected chi connectivity index (χ4v) is 6.97. The van der Waals surface area contributed by atoms with E-state index in [1.165, 1.54) is 36.6 Å². The normalized spacial score (nSPS) is 13.2. The Morgan fingerprint density at radius 3 is 2.37 bits per heavy atom. The van der Waals surface area contributed by atoms with E-state index >= 15 is 0 Å². The van der Waals surface area contributed by atoms with Crippen molar-refractivity contribution in [3.05, 3.63) is 76.2 Å². The maximum Gasteiger partial charge on any atom is 0.244 e. The lowest BCUT2D eigenvalue weighted by Gasteiger charge is -2.18. The zero-order valence-corrected chi connectivity index (χ0v) is 18.7. The van der Waals surface area contributed by atoms with Crippen molar-refractivity contribution in [2.45, 2.75) is 22.0 Å². The molecule has 1 N–H and O–H groups in total. The summed E-state index contributed by atoms with van der Waals surface area (Å²) in [4.78, 5) is 0.182. The van der Waals surface area contributed by atoms with E-state index in [-0.39, 0.29) is 10.6 Å². The van der Waals surface area contributed by atoms with Gasteiger partial charge in [0.1, 0.15) is 21.7 Å². The summed E-state index contributed by atoms with van der Waals surface area (Å²) in [5.41, 5.74) is 0.903. The fourth-order valence-electron chi connectivity index (χ4n) is 2.85. The van der Waals surface area contributed by atoms with E-state index in [2.05, 4.69) is 4.72 Å². The Morgan fingerprint density at radius 2 is 1.77 bits per heavy atom. The Balaban J connectivity index is 1.96. The van der Waals surface area contributed by atoms with Crippen LogP contribution in [0.3, 0.4) is 0 Å². The van der Waals surface area contributed by atoms with E-state index in [1.54, 1.807) is 29.6 Å². The van der Waals surface area contributed by atoms with Crippen molar-refractivity contribution in [1.82, 2.24) is 4.72 Å². The minimum atomic E-state index is -4.24. The van der Waals surface area contributed by atoms with Gasteiger partial charge in [-0.25, -0.2) is 25.9 Å². The Hall–Kier alpha value is -2.27. The summed E-state index contributed by atoms with van der Waals surface area (Å²) in [6.45, 7) is 1.42. The minimum absolute atomic E-state index is 0.0436. The average Bonchev–Trinajstić information content (AvgIpc) is 3.22. The summed E-state index contributed by atoms with van der Waals surface area (Å²) in [6.07, 6.45) is 0. The molecule has 6 nitrogen and oxygen atoms in total. The number of aryl methyl sites for hydroxylation is 1. The molecule has 2 aromatic carbocycles. The molecule has 0 aliphatic carbocycles. The van der Waals surface area contributed by atoms with Gasteiger partial charge in [0.15, 0.2) is 9.84 Å². The molecule has 160 valence electrons. The van der Waals surface area contributed by atoms with Crippen LogP contribution in [0, 0.1) is 12.7 Å². The van der Waals surface area contributed by atoms with E-state index in [0.29, 0.717) is 4.88 Å². The lowest BCUT2D eigenvalue weighted by molar-refractivity contribution is 0.400. The number of benzene rings is 2. The first-order valence-corrected chi connectivity index (χ1v) is 12.7. The lowest BCUT2D eigenvalue weighted by Crippen LogP contribution is -2.32. The van der Waals surface area contributed by atoms with Gasteiger partial charge in [-0.15, -0.1) is 11.3 Å². The van der Waals surface area contributed by atoms with Crippen LogP contribution < -0.4 is 9.46 Å². The number of hydrogen-bond donors (Lipinski definition) is 1. The number of ether oxygens (including phenoxy) is 1. The van der Waals surface area contributed by atoms with Crippen molar-refractivity contribution in [3.63, 3.8) is 0 Å². The SMILES string of the molecule is COc1ccc(F)cc1S(=O)(=O)NC[C@@H](c1cccs1)S(=O)(=O)c1ccc(C)cc1. The molecule has 3 aromatic rings. The second-order valence-corrected chi connectivity index (χ2v) is 11.4. The summed E-state index contributed by atoms with van der Waals surface area (Å²) in [6, 6.07) is 12.8. The van der Waals surface area contributed by atoms with Crippen LogP contribution in [0.5, 0.6) is 5.75 Å². The number of nitrogens with one attached hydrogen (secondary N) is 1. The topological polar surface area (TPSA) is 89.5 Å². The van der Waals surface area contributed by atoms with E-state index in [9.17, 15) is 21.2 Å². The van der Waals surface area contributed by atoms with E-state index in [4.69, 9.17) is 4.74 Å². The third-order valence-electron chi connectivity index (χ3n) is 4.46. The molecule has 0 aliphatic heterocycles. The van der Waals surface area contributed by atoms with Gasteiger partial charge in [-0.3, -0.25) is 0 Å². The quantitative estimate of drug-likeness (QED) is 0.543. The Labute approximate surface area is 179 Å². The van der Waals surface area contributed by atoms with Crippen molar-refractivity contribution >= 4 is 31.2 Å². The molecule has 1 atom stereocenters. The molecule has 0 saturated heterocycles. The van der Waals surface area contributed by atoms with Crippen LogP contribution in [-0.4, -0.2) is 30.5 Å². The van der Waals surface area contributed by atoms with Crippen LogP contribution in [0.4, 0.5) is 4.39 Å². The molecular weight excluding hydrogens is 449 g/mol. The van der Waals surface area contributed by atoms with E-state index < -0.39 is 42.4 Å². The van der Waals surface area contributed by atoms with Crippen molar-refractivity contribution in [1.29, 1.82) is 0 Å². The predicted octanol–water partition coefficient (Wildman–Crippen LogP) is 3.70. The largest absolute Gasteiger partial charge is 0.495 e. The maximum absolute atomic E-state index is 13.6. The predicted molar refractivity (Wildman–Crippen MR) is 114 cm³/mol. The van der Waals surface area contributed by atoms with Crippen LogP contribution >= 0.6 is 11.3 Å². The zero-order valence-electron chi connectivity index (χ0n) is 16.2. The highest BCUT2D eigenvalue weighted by molar-refractivity contribution is 7.92. The minimum Gasteiger partial charge on any atom is -0.495 e. The fraction of sp³-hybridized carbons (Fsp3) is 0.200. The van der Waals surface area contributed by atoms with Gasteiger partial charge in [-0.05, 0) is 48.7 Å². The van der Waals surface area contributed by atoms with Gasteiger partial charge in [0.2, 0.25) is 10.0 Å². The van der Waals surface area contributed by atoms with Crippen LogP contribution in [0.1, 0.15) is 15.7 Å². The van der Waals surface area contributed by atoms with Gasteiger partial charge >= 0.3 is 0 Å². The summed E-state index contributed by atoms with van der Waals surface area (Å²) in [5, 5.41) is 0.575. The highest BCUT2D eigenvalue weighted by Crippen LogP contribution is 2.32. The van der Waals surface area contributed by atoms with Gasteiger partial charge in [0, 0.05) is 11.4 Å². The smallest absolute Gasteiger partial charge is 0.244 e. The summed E-state index contributed by atoms with van der Waals surface area (Å²) in [5.74, 6) is -0.795. The van der Waals surface area contributed by atoms with Gasteiger partial charge < -0.3 is 4.74 Å². The molecule has 0 spiro atoms. The molecule has 0 saturated carbocycles. The second-order valence-electron chi connectivity index (χ2n) is 6.51. The molecule has 0 radical (unpaired) electrons. The first-order valence-electron chi connectivity index (χ1n) is 8.82.